The summed E-state index contributed by atoms with van der Waals surface area (Å²) in [5.41, 5.74) is 6.56. The molecule has 1 saturated heterocycles. The van der Waals surface area contributed by atoms with E-state index in [9.17, 15) is 4.79 Å². The summed E-state index contributed by atoms with van der Waals surface area (Å²) < 4.78 is 5.86. The quantitative estimate of drug-likeness (QED) is 0.587. The summed E-state index contributed by atoms with van der Waals surface area (Å²) in [6.07, 6.45) is 7.68. The molecule has 2 aromatic rings. The molecule has 0 bridgehead atoms. The normalized spacial score (nSPS) is 22.3. The van der Waals surface area contributed by atoms with E-state index in [-0.39, 0.29) is 17.9 Å². The molecule has 0 aliphatic carbocycles. The molecule has 3 aliphatic rings. The van der Waals surface area contributed by atoms with Gasteiger partial charge in [0.25, 0.3) is 5.91 Å². The fourth-order valence-corrected chi connectivity index (χ4v) is 6.03. The Hall–Kier alpha value is -3.21. The van der Waals surface area contributed by atoms with Crippen molar-refractivity contribution >= 4 is 11.6 Å². The molecule has 0 aromatic heterocycles. The van der Waals surface area contributed by atoms with Crippen LogP contribution in [0.25, 0.3) is 0 Å². The number of hydrogen-bond donors (Lipinski definition) is 1. The maximum atomic E-state index is 13.3. The van der Waals surface area contributed by atoms with Gasteiger partial charge in [0.2, 0.25) is 0 Å². The predicted octanol–water partition coefficient (Wildman–Crippen LogP) is 5.74. The number of nitrogens with one attached hydrogen (secondary N) is 1. The van der Waals surface area contributed by atoms with Gasteiger partial charge in [-0.2, -0.15) is 0 Å². The van der Waals surface area contributed by atoms with Crippen molar-refractivity contribution in [2.45, 2.75) is 52.0 Å². The lowest BCUT2D eigenvalue weighted by Crippen LogP contribution is -2.35. The number of piperidine rings is 1. The monoisotopic (exact) mass is 485 g/mol. The van der Waals surface area contributed by atoms with Crippen molar-refractivity contribution < 1.29 is 9.53 Å². The molecule has 0 radical (unpaired) electrons. The summed E-state index contributed by atoms with van der Waals surface area (Å²) in [5.74, 6) is 2.33. The van der Waals surface area contributed by atoms with E-state index in [0.717, 1.165) is 48.0 Å². The maximum absolute atomic E-state index is 13.3. The van der Waals surface area contributed by atoms with Crippen molar-refractivity contribution in [2.75, 3.05) is 32.1 Å². The van der Waals surface area contributed by atoms with Crippen molar-refractivity contribution in [3.63, 3.8) is 0 Å². The number of rotatable bonds is 5. The maximum Gasteiger partial charge on any atom is 0.258 e. The largest absolute Gasteiger partial charge is 0.496 e. The number of dihydropyridines is 1. The molecule has 5 heteroatoms. The Kier molecular flexibility index (Phi) is 6.83. The molecule has 0 saturated carbocycles. The lowest BCUT2D eigenvalue weighted by Gasteiger charge is -2.33. The van der Waals surface area contributed by atoms with Crippen LogP contribution in [-0.4, -0.2) is 44.1 Å². The molecular formula is C31H39N3O2. The Morgan fingerprint density at radius 3 is 2.58 bits per heavy atom. The molecule has 36 heavy (non-hydrogen) atoms. The number of carbonyl (C=O) groups is 1. The predicted molar refractivity (Wildman–Crippen MR) is 147 cm³/mol. The number of methoxy groups -OCH3 is 1. The first-order valence-electron chi connectivity index (χ1n) is 13.3. The van der Waals surface area contributed by atoms with Crippen LogP contribution >= 0.6 is 0 Å². The van der Waals surface area contributed by atoms with E-state index in [1.165, 1.54) is 29.7 Å². The lowest BCUT2D eigenvalue weighted by molar-refractivity contribution is 0.0839. The van der Waals surface area contributed by atoms with Gasteiger partial charge in [0.15, 0.2) is 0 Å². The zero-order valence-corrected chi connectivity index (χ0v) is 22.3. The lowest BCUT2D eigenvalue weighted by atomic mass is 9.78. The minimum absolute atomic E-state index is 0.0514. The summed E-state index contributed by atoms with van der Waals surface area (Å²) in [5, 5.41) is 3.57. The number of carbonyl (C=O) groups excluding carboxylic acids is 1. The highest BCUT2D eigenvalue weighted by atomic mass is 16.5. The molecule has 1 fully saturated rings. The fourth-order valence-electron chi connectivity index (χ4n) is 6.03. The summed E-state index contributed by atoms with van der Waals surface area (Å²) in [7, 11) is 3.65. The third-order valence-electron chi connectivity index (χ3n) is 8.16. The number of amides is 1. The molecule has 5 nitrogen and oxygen atoms in total. The van der Waals surface area contributed by atoms with Gasteiger partial charge < -0.3 is 19.9 Å². The Bertz CT molecular complexity index is 1190. The van der Waals surface area contributed by atoms with Gasteiger partial charge in [0.05, 0.1) is 12.8 Å². The van der Waals surface area contributed by atoms with Crippen LogP contribution in [0.5, 0.6) is 5.75 Å². The second-order valence-corrected chi connectivity index (χ2v) is 11.0. The van der Waals surface area contributed by atoms with E-state index >= 15 is 0 Å². The average Bonchev–Trinajstić information content (AvgIpc) is 2.97. The second kappa shape index (κ2) is 10.0. The molecule has 3 heterocycles. The summed E-state index contributed by atoms with van der Waals surface area (Å²) in [4.78, 5) is 17.6. The van der Waals surface area contributed by atoms with E-state index in [2.05, 4.69) is 61.3 Å². The number of allylic oxidation sites excluding steroid dienone is 1. The van der Waals surface area contributed by atoms with E-state index in [4.69, 9.17) is 4.74 Å². The molecule has 3 aliphatic heterocycles. The fraction of sp³-hybridized carbons (Fsp3) is 0.452. The third-order valence-corrected chi connectivity index (χ3v) is 8.16. The van der Waals surface area contributed by atoms with Crippen LogP contribution < -0.4 is 15.0 Å². The van der Waals surface area contributed by atoms with E-state index in [0.29, 0.717) is 5.92 Å². The van der Waals surface area contributed by atoms with Gasteiger partial charge >= 0.3 is 0 Å². The van der Waals surface area contributed by atoms with Gasteiger partial charge in [-0.25, -0.2) is 0 Å². The first kappa shape index (κ1) is 24.5. The van der Waals surface area contributed by atoms with Gasteiger partial charge in [-0.1, -0.05) is 51.1 Å². The highest BCUT2D eigenvalue weighted by Crippen LogP contribution is 2.43. The number of likely N-dealkylation sites (N-methyl/N-ethyl adjacent to an activating group) is 1. The van der Waals surface area contributed by atoms with Crippen molar-refractivity contribution in [1.29, 1.82) is 0 Å². The summed E-state index contributed by atoms with van der Waals surface area (Å²) in [6, 6.07) is 14.9. The van der Waals surface area contributed by atoms with Gasteiger partial charge in [-0.05, 0) is 59.9 Å². The summed E-state index contributed by atoms with van der Waals surface area (Å²) in [6.45, 7) is 9.05. The second-order valence-electron chi connectivity index (χ2n) is 11.0. The standard InChI is InChI=1S/C31H39N3O2/c1-20(2)30-25-8-6-7-9-26(25)31(35)33(4)28-19-32-23(17-27(28)30)16-22-10-11-24(18-29(22)36-5)34-14-12-21(3)13-15-34/h6-11,17-21,23,30,32H,12-16H2,1-5H3. The van der Waals surface area contributed by atoms with Gasteiger partial charge in [0.1, 0.15) is 5.75 Å². The van der Waals surface area contributed by atoms with Crippen LogP contribution in [0, 0.1) is 11.8 Å². The number of hydrogen-bond acceptors (Lipinski definition) is 4. The average molecular weight is 486 g/mol. The number of nitrogens with zero attached hydrogens (tertiary/aromatic N) is 2. The van der Waals surface area contributed by atoms with Crippen molar-refractivity contribution in [3.8, 4) is 5.75 Å². The highest BCUT2D eigenvalue weighted by Gasteiger charge is 2.36. The minimum Gasteiger partial charge on any atom is -0.496 e. The van der Waals surface area contributed by atoms with Gasteiger partial charge in [-0.15, -0.1) is 0 Å². The smallest absolute Gasteiger partial charge is 0.258 e. The number of ether oxygens (including phenoxy) is 1. The van der Waals surface area contributed by atoms with E-state index < -0.39 is 0 Å². The first-order valence-corrected chi connectivity index (χ1v) is 13.3. The molecule has 2 unspecified atom stereocenters. The molecule has 2 atom stereocenters. The molecular weight excluding hydrogens is 446 g/mol. The molecule has 0 spiro atoms. The molecule has 190 valence electrons. The van der Waals surface area contributed by atoms with Gasteiger partial charge in [0, 0.05) is 55.6 Å². The number of fused-ring (bicyclic) bond motifs is 2. The molecule has 1 amide bonds. The Morgan fingerprint density at radius 2 is 1.86 bits per heavy atom. The first-order chi connectivity index (χ1) is 17.4. The van der Waals surface area contributed by atoms with Crippen LogP contribution in [0.2, 0.25) is 0 Å². The topological polar surface area (TPSA) is 44.8 Å². The van der Waals surface area contributed by atoms with Crippen LogP contribution in [0.3, 0.4) is 0 Å². The van der Waals surface area contributed by atoms with Crippen LogP contribution in [0.15, 0.2) is 66.0 Å². The number of anilines is 1. The zero-order valence-electron chi connectivity index (χ0n) is 22.3. The Labute approximate surface area is 215 Å². The number of benzene rings is 2. The van der Waals surface area contributed by atoms with Crippen LogP contribution in [0.1, 0.15) is 61.0 Å². The van der Waals surface area contributed by atoms with Gasteiger partial charge in [-0.3, -0.25) is 4.79 Å². The molecule has 1 N–H and O–H groups in total. The van der Waals surface area contributed by atoms with Crippen LogP contribution in [-0.2, 0) is 6.42 Å². The van der Waals surface area contributed by atoms with E-state index in [1.807, 2.05) is 31.4 Å². The van der Waals surface area contributed by atoms with Crippen molar-refractivity contribution in [2.24, 2.45) is 11.8 Å². The molecule has 2 aromatic carbocycles. The zero-order chi connectivity index (χ0) is 25.4. The summed E-state index contributed by atoms with van der Waals surface area (Å²) >= 11 is 0. The highest BCUT2D eigenvalue weighted by molar-refractivity contribution is 5.98. The van der Waals surface area contributed by atoms with Crippen LogP contribution in [0.4, 0.5) is 5.69 Å². The SMILES string of the molecule is COc1cc(N2CCC(C)CC2)ccc1CC1C=C2C(=CN1)N(C)C(=O)c1ccccc1C2C(C)C. The Balaban J connectivity index is 1.44. The minimum atomic E-state index is 0.0514. The van der Waals surface area contributed by atoms with E-state index in [1.54, 1.807) is 12.0 Å². The van der Waals surface area contributed by atoms with Crippen molar-refractivity contribution in [3.05, 3.63) is 82.7 Å². The third kappa shape index (κ3) is 4.52. The van der Waals surface area contributed by atoms with Crippen molar-refractivity contribution in [1.82, 2.24) is 10.2 Å². The molecule has 5 rings (SSSR count). The Morgan fingerprint density at radius 1 is 1.11 bits per heavy atom.